The second-order valence-corrected chi connectivity index (χ2v) is 7.36. The third kappa shape index (κ3) is 3.80. The van der Waals surface area contributed by atoms with Crippen LogP contribution in [0.25, 0.3) is 11.0 Å². The largest absolute Gasteiger partial charge is 0.367 e. The van der Waals surface area contributed by atoms with Gasteiger partial charge in [-0.25, -0.2) is 9.97 Å². The molecule has 0 radical (unpaired) electrons. The molecule has 28 heavy (non-hydrogen) atoms. The van der Waals surface area contributed by atoms with Gasteiger partial charge in [-0.05, 0) is 32.3 Å². The maximum atomic E-state index is 14.5. The minimum absolute atomic E-state index is 0.191. The Morgan fingerprint density at radius 1 is 1.14 bits per heavy atom. The van der Waals surface area contributed by atoms with Gasteiger partial charge in [-0.3, -0.25) is 14.9 Å². The van der Waals surface area contributed by atoms with Crippen molar-refractivity contribution in [3.05, 3.63) is 41.9 Å². The van der Waals surface area contributed by atoms with E-state index < -0.39 is 5.92 Å². The number of H-pyrrole nitrogens is 1. The molecule has 0 bridgehead atoms. The lowest BCUT2D eigenvalue weighted by molar-refractivity contribution is -0.0460. The van der Waals surface area contributed by atoms with Crippen molar-refractivity contribution >= 4 is 16.9 Å². The number of alkyl halides is 2. The van der Waals surface area contributed by atoms with Crippen molar-refractivity contribution in [2.24, 2.45) is 0 Å². The van der Waals surface area contributed by atoms with Crippen molar-refractivity contribution in [1.82, 2.24) is 29.8 Å². The molecule has 4 heterocycles. The zero-order valence-electron chi connectivity index (χ0n) is 15.9. The Hall–Kier alpha value is -2.68. The number of likely N-dealkylation sites (tertiary alicyclic amines) is 1. The fourth-order valence-corrected chi connectivity index (χ4v) is 3.60. The van der Waals surface area contributed by atoms with Gasteiger partial charge in [-0.15, -0.1) is 0 Å². The molecule has 7 nitrogen and oxygen atoms in total. The van der Waals surface area contributed by atoms with Crippen LogP contribution < -0.4 is 5.32 Å². The van der Waals surface area contributed by atoms with Crippen molar-refractivity contribution < 1.29 is 8.78 Å². The first-order chi connectivity index (χ1) is 13.4. The average Bonchev–Trinajstić information content (AvgIpc) is 3.06. The van der Waals surface area contributed by atoms with E-state index in [4.69, 9.17) is 0 Å². The van der Waals surface area contributed by atoms with Crippen LogP contribution in [0.4, 0.5) is 14.6 Å². The van der Waals surface area contributed by atoms with E-state index in [0.29, 0.717) is 18.8 Å². The topological polar surface area (TPSA) is 82.6 Å². The summed E-state index contributed by atoms with van der Waals surface area (Å²) in [7, 11) is 0. The Labute approximate surface area is 161 Å². The Bertz CT molecular complexity index is 947. The van der Waals surface area contributed by atoms with E-state index >= 15 is 0 Å². The Kier molecular flexibility index (Phi) is 4.92. The fraction of sp³-hybridized carbons (Fsp3) is 0.474. The first kappa shape index (κ1) is 18.7. The number of hydrogen-bond acceptors (Lipinski definition) is 6. The number of hydrogen-bond donors (Lipinski definition) is 2. The van der Waals surface area contributed by atoms with Crippen LogP contribution in [-0.2, 0) is 5.92 Å². The molecule has 0 aromatic carbocycles. The Morgan fingerprint density at radius 2 is 1.93 bits per heavy atom. The number of rotatable bonds is 5. The molecule has 4 rings (SSSR count). The third-order valence-corrected chi connectivity index (χ3v) is 5.17. The molecule has 148 valence electrons. The van der Waals surface area contributed by atoms with E-state index in [1.807, 2.05) is 13.1 Å². The van der Waals surface area contributed by atoms with Gasteiger partial charge in [0.25, 0.3) is 0 Å². The number of halogens is 2. The predicted molar refractivity (Wildman–Crippen MR) is 102 cm³/mol. The van der Waals surface area contributed by atoms with Gasteiger partial charge in [0, 0.05) is 31.5 Å². The molecule has 9 heteroatoms. The number of aryl methyl sites for hydroxylation is 2. The molecule has 1 aliphatic heterocycles. The highest BCUT2D eigenvalue weighted by atomic mass is 19.3. The second kappa shape index (κ2) is 7.38. The second-order valence-electron chi connectivity index (χ2n) is 7.36. The van der Waals surface area contributed by atoms with E-state index in [1.165, 1.54) is 18.7 Å². The summed E-state index contributed by atoms with van der Waals surface area (Å²) in [5.74, 6) is -2.22. The van der Waals surface area contributed by atoms with Crippen molar-refractivity contribution in [2.75, 3.05) is 25.0 Å². The fourth-order valence-electron chi connectivity index (χ4n) is 3.60. The summed E-state index contributed by atoms with van der Waals surface area (Å²) in [5.41, 5.74) is 2.23. The summed E-state index contributed by atoms with van der Waals surface area (Å²) >= 11 is 0. The molecule has 3 aromatic heterocycles. The maximum Gasteiger partial charge on any atom is 0.303 e. The highest BCUT2D eigenvalue weighted by Gasteiger charge is 2.37. The van der Waals surface area contributed by atoms with Crippen LogP contribution in [0.5, 0.6) is 0 Å². The minimum Gasteiger partial charge on any atom is -0.367 e. The molecule has 1 saturated heterocycles. The molecule has 3 aromatic rings. The van der Waals surface area contributed by atoms with Gasteiger partial charge in [0.15, 0.2) is 0 Å². The zero-order chi connectivity index (χ0) is 19.7. The lowest BCUT2D eigenvalue weighted by Gasteiger charge is -2.34. The SMILES string of the molecule is Cc1cnc(C(F)(F)CN2CCC(Nc3ncnc4[nH]cc(C)c34)CC2)cn1. The summed E-state index contributed by atoms with van der Waals surface area (Å²) in [4.78, 5) is 21.3. The number of aromatic amines is 1. The summed E-state index contributed by atoms with van der Waals surface area (Å²) in [5, 5.41) is 4.45. The van der Waals surface area contributed by atoms with Crippen LogP contribution in [0.1, 0.15) is 29.8 Å². The van der Waals surface area contributed by atoms with Gasteiger partial charge < -0.3 is 10.3 Å². The lowest BCUT2D eigenvalue weighted by Crippen LogP contribution is -2.44. The predicted octanol–water partition coefficient (Wildman–Crippen LogP) is 3.03. The van der Waals surface area contributed by atoms with Gasteiger partial charge in [0.05, 0.1) is 23.8 Å². The summed E-state index contributed by atoms with van der Waals surface area (Å²) in [6.07, 6.45) is 7.52. The average molecular weight is 387 g/mol. The number of nitrogens with zero attached hydrogens (tertiary/aromatic N) is 5. The molecule has 1 aliphatic rings. The maximum absolute atomic E-state index is 14.5. The quantitative estimate of drug-likeness (QED) is 0.700. The molecular formula is C19H23F2N7. The molecule has 1 fully saturated rings. The van der Waals surface area contributed by atoms with E-state index in [-0.39, 0.29) is 18.3 Å². The Balaban J connectivity index is 1.37. The number of nitrogens with one attached hydrogen (secondary N) is 2. The number of aromatic nitrogens is 5. The van der Waals surface area contributed by atoms with Crippen LogP contribution >= 0.6 is 0 Å². The van der Waals surface area contributed by atoms with Crippen molar-refractivity contribution in [2.45, 2.75) is 38.7 Å². The first-order valence-corrected chi connectivity index (χ1v) is 9.37. The monoisotopic (exact) mass is 387 g/mol. The molecule has 0 unspecified atom stereocenters. The molecule has 0 saturated carbocycles. The van der Waals surface area contributed by atoms with E-state index in [2.05, 4.69) is 30.2 Å². The van der Waals surface area contributed by atoms with Gasteiger partial charge in [-0.1, -0.05) is 0 Å². The van der Waals surface area contributed by atoms with Crippen molar-refractivity contribution in [1.29, 1.82) is 0 Å². The van der Waals surface area contributed by atoms with Gasteiger partial charge >= 0.3 is 5.92 Å². The first-order valence-electron chi connectivity index (χ1n) is 9.37. The summed E-state index contributed by atoms with van der Waals surface area (Å²) in [6, 6.07) is 0.191. The van der Waals surface area contributed by atoms with Crippen LogP contribution in [-0.4, -0.2) is 55.5 Å². The van der Waals surface area contributed by atoms with Crippen LogP contribution in [0.15, 0.2) is 24.9 Å². The number of piperidine rings is 1. The van der Waals surface area contributed by atoms with Gasteiger partial charge in [0.2, 0.25) is 0 Å². The van der Waals surface area contributed by atoms with Crippen LogP contribution in [0.2, 0.25) is 0 Å². The summed E-state index contributed by atoms with van der Waals surface area (Å²) in [6.45, 7) is 4.57. The van der Waals surface area contributed by atoms with Crippen molar-refractivity contribution in [3.63, 3.8) is 0 Å². The number of anilines is 1. The van der Waals surface area contributed by atoms with E-state index in [0.717, 1.165) is 35.3 Å². The molecule has 0 aliphatic carbocycles. The third-order valence-electron chi connectivity index (χ3n) is 5.17. The molecule has 0 spiro atoms. The van der Waals surface area contributed by atoms with Gasteiger partial charge in [0.1, 0.15) is 23.5 Å². The van der Waals surface area contributed by atoms with Crippen LogP contribution in [0.3, 0.4) is 0 Å². The minimum atomic E-state index is -3.01. The van der Waals surface area contributed by atoms with Crippen molar-refractivity contribution in [3.8, 4) is 0 Å². The van der Waals surface area contributed by atoms with Gasteiger partial charge in [-0.2, -0.15) is 8.78 Å². The smallest absolute Gasteiger partial charge is 0.303 e. The van der Waals surface area contributed by atoms with E-state index in [9.17, 15) is 8.78 Å². The molecular weight excluding hydrogens is 364 g/mol. The number of fused-ring (bicyclic) bond motifs is 1. The zero-order valence-corrected chi connectivity index (χ0v) is 15.9. The molecule has 0 atom stereocenters. The highest BCUT2D eigenvalue weighted by molar-refractivity contribution is 5.90. The lowest BCUT2D eigenvalue weighted by atomic mass is 10.0. The van der Waals surface area contributed by atoms with E-state index in [1.54, 1.807) is 11.8 Å². The standard InChI is InChI=1S/C19H23F2N7/c1-12-7-24-17-16(12)18(26-11-25-17)27-14-3-5-28(6-4-14)10-19(20,21)15-9-22-13(2)8-23-15/h7-9,11,14H,3-6,10H2,1-2H3,(H2,24,25,26,27). The highest BCUT2D eigenvalue weighted by Crippen LogP contribution is 2.29. The summed E-state index contributed by atoms with van der Waals surface area (Å²) < 4.78 is 29.0. The van der Waals surface area contributed by atoms with Crippen LogP contribution in [0, 0.1) is 13.8 Å². The molecule has 2 N–H and O–H groups in total. The Morgan fingerprint density at radius 3 is 2.64 bits per heavy atom. The normalized spacial score (nSPS) is 16.6. The molecule has 0 amide bonds.